The second-order valence-corrected chi connectivity index (χ2v) is 9.24. The van der Waals surface area contributed by atoms with Crippen LogP contribution in [0.15, 0.2) is 58.2 Å². The molecule has 1 atom stereocenters. The Balaban J connectivity index is 1.60. The molecule has 1 N–H and O–H groups in total. The maximum absolute atomic E-state index is 13.0. The van der Waals surface area contributed by atoms with Gasteiger partial charge in [-0.1, -0.05) is 30.3 Å². The number of aryl methyl sites for hydroxylation is 2. The number of nitrogens with one attached hydrogen (secondary N) is 1. The summed E-state index contributed by atoms with van der Waals surface area (Å²) in [5.41, 5.74) is 2.14. The fourth-order valence-corrected chi connectivity index (χ4v) is 5.01. The van der Waals surface area contributed by atoms with E-state index >= 15 is 0 Å². The Morgan fingerprint density at radius 2 is 1.67 bits per heavy atom. The van der Waals surface area contributed by atoms with Gasteiger partial charge in [-0.15, -0.1) is 0 Å². The summed E-state index contributed by atoms with van der Waals surface area (Å²) >= 11 is 0. The summed E-state index contributed by atoms with van der Waals surface area (Å²) in [6, 6.07) is 14.6. The molecule has 30 heavy (non-hydrogen) atoms. The average Bonchev–Trinajstić information content (AvgIpc) is 2.99. The molecule has 0 radical (unpaired) electrons. The quantitative estimate of drug-likeness (QED) is 0.636. The Labute approximate surface area is 175 Å². The van der Waals surface area contributed by atoms with E-state index in [0.717, 1.165) is 18.7 Å². The zero-order valence-corrected chi connectivity index (χ0v) is 17.9. The first kappa shape index (κ1) is 20.8. The van der Waals surface area contributed by atoms with Crippen molar-refractivity contribution in [2.45, 2.75) is 10.9 Å². The lowest BCUT2D eigenvalue weighted by Crippen LogP contribution is -2.43. The molecular formula is C21H26N4O4S. The summed E-state index contributed by atoms with van der Waals surface area (Å²) < 4.78 is 37.3. The zero-order valence-electron chi connectivity index (χ0n) is 17.1. The molecule has 4 rings (SSSR count). The number of rotatable bonds is 6. The van der Waals surface area contributed by atoms with Gasteiger partial charge in [-0.3, -0.25) is 14.0 Å². The van der Waals surface area contributed by atoms with Gasteiger partial charge in [-0.2, -0.15) is 0 Å². The molecule has 0 saturated carbocycles. The maximum Gasteiger partial charge on any atom is 0.328 e. The summed E-state index contributed by atoms with van der Waals surface area (Å²) in [5.74, 6) is 0. The Morgan fingerprint density at radius 3 is 2.37 bits per heavy atom. The van der Waals surface area contributed by atoms with E-state index in [2.05, 4.69) is 9.62 Å². The number of aromatic nitrogens is 2. The Hall–Kier alpha value is -2.46. The van der Waals surface area contributed by atoms with Gasteiger partial charge in [-0.05, 0) is 23.8 Å². The molecule has 8 nitrogen and oxygen atoms in total. The zero-order chi connectivity index (χ0) is 21.3. The summed E-state index contributed by atoms with van der Waals surface area (Å²) in [5, 5.41) is 0. The predicted octanol–water partition coefficient (Wildman–Crippen LogP) is 1.23. The first-order valence-electron chi connectivity index (χ1n) is 9.90. The number of benzene rings is 2. The number of morpholine rings is 1. The van der Waals surface area contributed by atoms with Crippen molar-refractivity contribution in [2.24, 2.45) is 14.1 Å². The number of sulfonamides is 1. The highest BCUT2D eigenvalue weighted by Crippen LogP contribution is 2.23. The highest BCUT2D eigenvalue weighted by atomic mass is 32.2. The lowest BCUT2D eigenvalue weighted by Gasteiger charge is -2.34. The van der Waals surface area contributed by atoms with Crippen molar-refractivity contribution in [2.75, 3.05) is 32.8 Å². The minimum Gasteiger partial charge on any atom is -0.379 e. The van der Waals surface area contributed by atoms with E-state index in [0.29, 0.717) is 24.2 Å². The number of hydrogen-bond donors (Lipinski definition) is 1. The minimum atomic E-state index is -3.75. The molecule has 0 aliphatic carbocycles. The molecule has 0 amide bonds. The first-order chi connectivity index (χ1) is 14.4. The number of ether oxygens (including phenoxy) is 1. The molecule has 9 heteroatoms. The van der Waals surface area contributed by atoms with Gasteiger partial charge in [0.25, 0.3) is 0 Å². The van der Waals surface area contributed by atoms with Crippen LogP contribution in [0.2, 0.25) is 0 Å². The van der Waals surface area contributed by atoms with Crippen LogP contribution in [0.5, 0.6) is 0 Å². The average molecular weight is 431 g/mol. The summed E-state index contributed by atoms with van der Waals surface area (Å²) in [6.07, 6.45) is 0. The molecule has 0 spiro atoms. The van der Waals surface area contributed by atoms with E-state index in [4.69, 9.17) is 4.74 Å². The van der Waals surface area contributed by atoms with Gasteiger partial charge in [0.15, 0.2) is 0 Å². The maximum atomic E-state index is 13.0. The molecule has 1 aromatic heterocycles. The highest BCUT2D eigenvalue weighted by Gasteiger charge is 2.25. The normalized spacial score (nSPS) is 16.7. The molecule has 1 unspecified atom stereocenters. The van der Waals surface area contributed by atoms with Crippen molar-refractivity contribution >= 4 is 21.1 Å². The number of hydrogen-bond acceptors (Lipinski definition) is 5. The van der Waals surface area contributed by atoms with Crippen LogP contribution in [0.4, 0.5) is 0 Å². The van der Waals surface area contributed by atoms with Crippen LogP contribution < -0.4 is 10.4 Å². The Morgan fingerprint density at radius 1 is 1.00 bits per heavy atom. The number of fused-ring (bicyclic) bond motifs is 1. The summed E-state index contributed by atoms with van der Waals surface area (Å²) in [6.45, 7) is 3.01. The molecule has 1 aliphatic rings. The third kappa shape index (κ3) is 3.93. The van der Waals surface area contributed by atoms with Crippen molar-refractivity contribution in [3.63, 3.8) is 0 Å². The summed E-state index contributed by atoms with van der Waals surface area (Å²) in [4.78, 5) is 14.5. The van der Waals surface area contributed by atoms with Crippen molar-refractivity contribution in [1.29, 1.82) is 0 Å². The van der Waals surface area contributed by atoms with Gasteiger partial charge in [0.05, 0.1) is 29.1 Å². The molecule has 2 heterocycles. The molecule has 2 aromatic carbocycles. The molecule has 3 aromatic rings. The van der Waals surface area contributed by atoms with Gasteiger partial charge < -0.3 is 4.74 Å². The largest absolute Gasteiger partial charge is 0.379 e. The van der Waals surface area contributed by atoms with Crippen molar-refractivity contribution in [3.8, 4) is 0 Å². The second kappa shape index (κ2) is 8.35. The van der Waals surface area contributed by atoms with Crippen LogP contribution in [0.3, 0.4) is 0 Å². The monoisotopic (exact) mass is 430 g/mol. The second-order valence-electron chi connectivity index (χ2n) is 7.48. The SMILES string of the molecule is Cn1c(=O)n(C)c2cc(S(=O)(=O)NCC(c3ccccc3)N3CCOCC3)ccc21. The lowest BCUT2D eigenvalue weighted by molar-refractivity contribution is 0.0172. The number of nitrogens with zero attached hydrogens (tertiary/aromatic N) is 3. The van der Waals surface area contributed by atoms with Gasteiger partial charge in [0, 0.05) is 39.8 Å². The third-order valence-electron chi connectivity index (χ3n) is 5.69. The van der Waals surface area contributed by atoms with Crippen LogP contribution in [0.1, 0.15) is 11.6 Å². The van der Waals surface area contributed by atoms with Crippen LogP contribution >= 0.6 is 0 Å². The van der Waals surface area contributed by atoms with Gasteiger partial charge in [0.2, 0.25) is 10.0 Å². The Kier molecular flexibility index (Phi) is 5.79. The predicted molar refractivity (Wildman–Crippen MR) is 115 cm³/mol. The molecule has 0 bridgehead atoms. The standard InChI is InChI=1S/C21H26N4O4S/c1-23-18-9-8-17(14-19(18)24(2)21(23)26)30(27,28)22-15-20(16-6-4-3-5-7-16)25-10-12-29-13-11-25/h3-9,14,20,22H,10-13,15H2,1-2H3. The molecule has 1 saturated heterocycles. The molecule has 160 valence electrons. The fourth-order valence-electron chi connectivity index (χ4n) is 3.95. The lowest BCUT2D eigenvalue weighted by atomic mass is 10.1. The van der Waals surface area contributed by atoms with Crippen LogP contribution in [-0.4, -0.2) is 55.3 Å². The van der Waals surface area contributed by atoms with Crippen LogP contribution in [0, 0.1) is 0 Å². The number of imidazole rings is 1. The smallest absolute Gasteiger partial charge is 0.328 e. The molecule has 1 aliphatic heterocycles. The van der Waals surface area contributed by atoms with E-state index in [1.165, 1.54) is 15.2 Å². The van der Waals surface area contributed by atoms with Crippen molar-refractivity contribution < 1.29 is 13.2 Å². The van der Waals surface area contributed by atoms with E-state index in [1.807, 2.05) is 30.3 Å². The van der Waals surface area contributed by atoms with E-state index < -0.39 is 10.0 Å². The Bertz CT molecular complexity index is 1190. The van der Waals surface area contributed by atoms with Gasteiger partial charge in [-0.25, -0.2) is 17.9 Å². The van der Waals surface area contributed by atoms with E-state index in [1.54, 1.807) is 26.2 Å². The molecule has 1 fully saturated rings. The van der Waals surface area contributed by atoms with Gasteiger partial charge >= 0.3 is 5.69 Å². The van der Waals surface area contributed by atoms with Crippen molar-refractivity contribution in [3.05, 3.63) is 64.6 Å². The third-order valence-corrected chi connectivity index (χ3v) is 7.11. The van der Waals surface area contributed by atoms with E-state index in [-0.39, 0.29) is 23.2 Å². The van der Waals surface area contributed by atoms with Crippen molar-refractivity contribution in [1.82, 2.24) is 18.8 Å². The van der Waals surface area contributed by atoms with E-state index in [9.17, 15) is 13.2 Å². The summed E-state index contributed by atoms with van der Waals surface area (Å²) in [7, 11) is -0.439. The molecular weight excluding hydrogens is 404 g/mol. The van der Waals surface area contributed by atoms with Crippen LogP contribution in [-0.2, 0) is 28.9 Å². The highest BCUT2D eigenvalue weighted by molar-refractivity contribution is 7.89. The van der Waals surface area contributed by atoms with Crippen LogP contribution in [0.25, 0.3) is 11.0 Å². The fraction of sp³-hybridized carbons (Fsp3) is 0.381. The van der Waals surface area contributed by atoms with Gasteiger partial charge in [0.1, 0.15) is 0 Å². The topological polar surface area (TPSA) is 85.6 Å². The first-order valence-corrected chi connectivity index (χ1v) is 11.4. The minimum absolute atomic E-state index is 0.0883.